The summed E-state index contributed by atoms with van der Waals surface area (Å²) in [5, 5.41) is 2.77. The first-order chi connectivity index (χ1) is 15.3. The zero-order chi connectivity index (χ0) is 23.0. The number of carbonyl (C=O) groups excluding carboxylic acids is 2. The summed E-state index contributed by atoms with van der Waals surface area (Å²) in [6.07, 6.45) is 0.630. The molecule has 0 bridgehead atoms. The molecule has 8 nitrogen and oxygen atoms in total. The standard InChI is InChI=1S/C23H22BrN3O5/c1-3-32-23(31)15-6-4-5-7-16(15)25-19(28)11-18-12(2)8-13-9-14(24)10-17-20(13)27(18)22(30)21(29)26-17/h4-7,9-10,12,18H,3,8,11H2,1-2H3,(H,25,28)(H,26,29). The molecule has 0 fully saturated rings. The van der Waals surface area contributed by atoms with Gasteiger partial charge in [0.15, 0.2) is 0 Å². The lowest BCUT2D eigenvalue weighted by atomic mass is 9.87. The molecule has 2 atom stereocenters. The zero-order valence-electron chi connectivity index (χ0n) is 17.6. The first-order valence-electron chi connectivity index (χ1n) is 10.3. The van der Waals surface area contributed by atoms with Crippen LogP contribution in [-0.2, 0) is 16.0 Å². The lowest BCUT2D eigenvalue weighted by Gasteiger charge is -2.32. The van der Waals surface area contributed by atoms with Crippen molar-refractivity contribution in [2.45, 2.75) is 32.7 Å². The van der Waals surface area contributed by atoms with Crippen LogP contribution in [0.2, 0.25) is 0 Å². The van der Waals surface area contributed by atoms with Gasteiger partial charge < -0.3 is 15.0 Å². The number of nitrogens with one attached hydrogen (secondary N) is 2. The molecule has 3 aromatic rings. The summed E-state index contributed by atoms with van der Waals surface area (Å²) >= 11 is 3.45. The Labute approximate surface area is 191 Å². The van der Waals surface area contributed by atoms with Gasteiger partial charge in [0.25, 0.3) is 0 Å². The van der Waals surface area contributed by atoms with Gasteiger partial charge in [0.05, 0.1) is 28.9 Å². The summed E-state index contributed by atoms with van der Waals surface area (Å²) < 4.78 is 7.31. The Morgan fingerprint density at radius 2 is 2.00 bits per heavy atom. The molecule has 166 valence electrons. The zero-order valence-corrected chi connectivity index (χ0v) is 19.2. The van der Waals surface area contributed by atoms with E-state index in [9.17, 15) is 19.2 Å². The normalized spacial score (nSPS) is 17.2. The Hall–Kier alpha value is -3.20. The minimum absolute atomic E-state index is 0.0215. The number of halogens is 1. The summed E-state index contributed by atoms with van der Waals surface area (Å²) in [4.78, 5) is 52.9. The predicted octanol–water partition coefficient (Wildman–Crippen LogP) is 3.39. The van der Waals surface area contributed by atoms with Crippen molar-refractivity contribution in [3.05, 3.63) is 72.7 Å². The average Bonchev–Trinajstić information content (AvgIpc) is 2.73. The van der Waals surface area contributed by atoms with E-state index in [2.05, 4.69) is 26.2 Å². The van der Waals surface area contributed by atoms with Crippen LogP contribution in [0, 0.1) is 5.92 Å². The van der Waals surface area contributed by atoms with Gasteiger partial charge in [0, 0.05) is 16.9 Å². The lowest BCUT2D eigenvalue weighted by molar-refractivity contribution is -0.117. The summed E-state index contributed by atoms with van der Waals surface area (Å²) in [5.41, 5.74) is 1.30. The maximum atomic E-state index is 13.0. The molecule has 4 rings (SSSR count). The van der Waals surface area contributed by atoms with Crippen LogP contribution in [0.4, 0.5) is 5.69 Å². The van der Waals surface area contributed by atoms with Gasteiger partial charge in [0.2, 0.25) is 5.91 Å². The molecule has 1 aliphatic rings. The van der Waals surface area contributed by atoms with Crippen molar-refractivity contribution in [2.75, 3.05) is 11.9 Å². The highest BCUT2D eigenvalue weighted by Gasteiger charge is 2.32. The second kappa shape index (κ2) is 8.74. The van der Waals surface area contributed by atoms with Gasteiger partial charge in [-0.2, -0.15) is 0 Å². The van der Waals surface area contributed by atoms with E-state index in [1.165, 1.54) is 4.57 Å². The number of amides is 1. The van der Waals surface area contributed by atoms with Crippen LogP contribution in [0.1, 0.15) is 42.2 Å². The van der Waals surface area contributed by atoms with Gasteiger partial charge in [-0.25, -0.2) is 4.79 Å². The third-order valence-electron chi connectivity index (χ3n) is 5.68. The van der Waals surface area contributed by atoms with Crippen molar-refractivity contribution in [2.24, 2.45) is 5.92 Å². The van der Waals surface area contributed by atoms with E-state index >= 15 is 0 Å². The molecular weight excluding hydrogens is 478 g/mol. The molecule has 0 saturated carbocycles. The quantitative estimate of drug-likeness (QED) is 0.412. The first kappa shape index (κ1) is 22.0. The third-order valence-corrected chi connectivity index (χ3v) is 6.14. The van der Waals surface area contributed by atoms with Crippen LogP contribution in [0.15, 0.2) is 50.5 Å². The maximum absolute atomic E-state index is 13.0. The van der Waals surface area contributed by atoms with Crippen LogP contribution in [0.5, 0.6) is 0 Å². The number of benzene rings is 2. The fraction of sp³-hybridized carbons (Fsp3) is 0.304. The van der Waals surface area contributed by atoms with Crippen molar-refractivity contribution in [1.29, 1.82) is 0 Å². The smallest absolute Gasteiger partial charge is 0.340 e. The van der Waals surface area contributed by atoms with E-state index in [0.717, 1.165) is 10.0 Å². The van der Waals surface area contributed by atoms with Gasteiger partial charge >= 0.3 is 17.1 Å². The number of aromatic nitrogens is 2. The molecule has 1 amide bonds. The first-order valence-corrected chi connectivity index (χ1v) is 11.1. The van der Waals surface area contributed by atoms with Gasteiger partial charge in [-0.1, -0.05) is 35.0 Å². The van der Waals surface area contributed by atoms with Gasteiger partial charge in [-0.15, -0.1) is 0 Å². The predicted molar refractivity (Wildman–Crippen MR) is 124 cm³/mol. The highest BCUT2D eigenvalue weighted by molar-refractivity contribution is 9.10. The number of aromatic amines is 1. The summed E-state index contributed by atoms with van der Waals surface area (Å²) in [6.45, 7) is 3.88. The molecule has 0 aliphatic carbocycles. The lowest BCUT2D eigenvalue weighted by Crippen LogP contribution is -2.43. The number of nitrogens with zero attached hydrogens (tertiary/aromatic N) is 1. The number of para-hydroxylation sites is 1. The Balaban J connectivity index is 1.69. The van der Waals surface area contributed by atoms with E-state index in [4.69, 9.17) is 4.74 Å². The fourth-order valence-electron chi connectivity index (χ4n) is 4.29. The highest BCUT2D eigenvalue weighted by Crippen LogP contribution is 2.36. The molecule has 1 aliphatic heterocycles. The molecule has 2 heterocycles. The number of anilines is 1. The highest BCUT2D eigenvalue weighted by atomic mass is 79.9. The van der Waals surface area contributed by atoms with Crippen LogP contribution in [0.25, 0.3) is 11.0 Å². The Bertz CT molecular complexity index is 1340. The Morgan fingerprint density at radius 3 is 2.75 bits per heavy atom. The van der Waals surface area contributed by atoms with Crippen LogP contribution < -0.4 is 16.4 Å². The van der Waals surface area contributed by atoms with E-state index in [1.54, 1.807) is 37.3 Å². The van der Waals surface area contributed by atoms with Crippen LogP contribution >= 0.6 is 15.9 Å². The van der Waals surface area contributed by atoms with Gasteiger partial charge in [0.1, 0.15) is 0 Å². The second-order valence-electron chi connectivity index (χ2n) is 7.86. The number of H-pyrrole nitrogens is 1. The maximum Gasteiger partial charge on any atom is 0.340 e. The van der Waals surface area contributed by atoms with Gasteiger partial charge in [-0.3, -0.25) is 19.0 Å². The topological polar surface area (TPSA) is 110 Å². The van der Waals surface area contributed by atoms with Crippen molar-refractivity contribution in [1.82, 2.24) is 9.55 Å². The van der Waals surface area contributed by atoms with Crippen molar-refractivity contribution in [3.63, 3.8) is 0 Å². The molecule has 0 saturated heterocycles. The summed E-state index contributed by atoms with van der Waals surface area (Å²) in [6, 6.07) is 9.77. The summed E-state index contributed by atoms with van der Waals surface area (Å²) in [5.74, 6) is -0.952. The second-order valence-corrected chi connectivity index (χ2v) is 8.77. The molecule has 2 unspecified atom stereocenters. The largest absolute Gasteiger partial charge is 0.462 e. The molecule has 32 heavy (non-hydrogen) atoms. The minimum atomic E-state index is -0.728. The van der Waals surface area contributed by atoms with E-state index < -0.39 is 23.1 Å². The number of esters is 1. The SMILES string of the molecule is CCOC(=O)c1ccccc1NC(=O)CC1C(C)Cc2cc(Br)cc3[nH]c(=O)c(=O)n1c23. The molecule has 2 aromatic carbocycles. The van der Waals surface area contributed by atoms with Crippen molar-refractivity contribution >= 4 is 44.5 Å². The average molecular weight is 500 g/mol. The van der Waals surface area contributed by atoms with E-state index in [1.807, 2.05) is 13.0 Å². The molecule has 2 N–H and O–H groups in total. The molecule has 0 spiro atoms. The van der Waals surface area contributed by atoms with Crippen LogP contribution in [-0.4, -0.2) is 28.0 Å². The van der Waals surface area contributed by atoms with Crippen molar-refractivity contribution < 1.29 is 14.3 Å². The Morgan fingerprint density at radius 1 is 1.25 bits per heavy atom. The van der Waals surface area contributed by atoms with Gasteiger partial charge in [-0.05, 0) is 49.1 Å². The molecule has 1 aromatic heterocycles. The number of rotatable bonds is 5. The van der Waals surface area contributed by atoms with Crippen LogP contribution in [0.3, 0.4) is 0 Å². The Kier molecular flexibility index (Phi) is 6.01. The van der Waals surface area contributed by atoms with Crippen molar-refractivity contribution in [3.8, 4) is 0 Å². The minimum Gasteiger partial charge on any atom is -0.462 e. The number of ether oxygens (including phenoxy) is 1. The summed E-state index contributed by atoms with van der Waals surface area (Å²) in [7, 11) is 0. The fourth-order valence-corrected chi connectivity index (χ4v) is 4.80. The third kappa shape index (κ3) is 4.00. The number of hydrogen-bond acceptors (Lipinski definition) is 5. The number of carbonyl (C=O) groups is 2. The van der Waals surface area contributed by atoms with E-state index in [0.29, 0.717) is 23.1 Å². The monoisotopic (exact) mass is 499 g/mol. The number of hydrogen-bond donors (Lipinski definition) is 2. The molecule has 0 radical (unpaired) electrons. The van der Waals surface area contributed by atoms with E-state index in [-0.39, 0.29) is 30.4 Å². The molecular formula is C23H22BrN3O5. The molecule has 9 heteroatoms.